The summed E-state index contributed by atoms with van der Waals surface area (Å²) in [5.41, 5.74) is 0.244. The Morgan fingerprint density at radius 2 is 1.97 bits per heavy atom. The molecule has 0 aliphatic rings. The molecule has 1 aromatic heterocycles. The van der Waals surface area contributed by atoms with Crippen LogP contribution in [0.4, 0.5) is 5.69 Å². The number of nitrogens with zero attached hydrogens (tertiary/aromatic N) is 2. The minimum absolute atomic E-state index is 0.0376. The number of carbonyl (C=O) groups excluding carboxylic acids is 1. The first-order valence-electron chi connectivity index (χ1n) is 11.6. The first kappa shape index (κ1) is 15.2. The molecule has 2 aromatic carbocycles. The van der Waals surface area contributed by atoms with Crippen molar-refractivity contribution in [1.82, 2.24) is 15.1 Å². The molecule has 0 saturated heterocycles. The van der Waals surface area contributed by atoms with Crippen LogP contribution >= 0.6 is 63.0 Å². The van der Waals surface area contributed by atoms with Crippen molar-refractivity contribution in [3.63, 3.8) is 0 Å². The zero-order chi connectivity index (χ0) is 27.9. The van der Waals surface area contributed by atoms with Crippen LogP contribution in [0, 0.1) is 0 Å². The van der Waals surface area contributed by atoms with E-state index < -0.39 is 30.6 Å². The largest absolute Gasteiger partial charge is 0.374 e. The first-order valence-corrected chi connectivity index (χ1v) is 10.4. The van der Waals surface area contributed by atoms with Crippen molar-refractivity contribution >= 4 is 79.5 Å². The Hall–Kier alpha value is -1.64. The molecule has 0 fully saturated rings. The lowest BCUT2D eigenvalue weighted by Gasteiger charge is -2.17. The van der Waals surface area contributed by atoms with Gasteiger partial charge in [0.05, 0.1) is 22.8 Å². The van der Waals surface area contributed by atoms with Crippen LogP contribution in [0.15, 0.2) is 47.1 Å². The Kier molecular flexibility index (Phi) is 4.90. The molecule has 3 aromatic rings. The molecule has 0 unspecified atom stereocenters. The second-order valence-electron chi connectivity index (χ2n) is 5.81. The van der Waals surface area contributed by atoms with Gasteiger partial charge in [-0.1, -0.05) is 59.2 Å². The van der Waals surface area contributed by atoms with Gasteiger partial charge < -0.3 is 10.6 Å². The third kappa shape index (κ3) is 5.15. The zero-order valence-electron chi connectivity index (χ0n) is 21.8. The average molecular weight is 554 g/mol. The first-order chi connectivity index (χ1) is 17.0. The molecule has 10 heteroatoms. The number of amides is 1. The van der Waals surface area contributed by atoms with Crippen LogP contribution in [-0.2, 0) is 0 Å². The van der Waals surface area contributed by atoms with Gasteiger partial charge in [0.15, 0.2) is 0 Å². The van der Waals surface area contributed by atoms with Gasteiger partial charge in [-0.2, -0.15) is 5.10 Å². The lowest BCUT2D eigenvalue weighted by atomic mass is 10.1. The predicted octanol–water partition coefficient (Wildman–Crippen LogP) is 6.52. The van der Waals surface area contributed by atoms with Crippen LogP contribution in [0.2, 0.25) is 15.1 Å². The van der Waals surface area contributed by atoms with E-state index in [1.165, 1.54) is 22.9 Å². The fourth-order valence-electron chi connectivity index (χ4n) is 2.56. The van der Waals surface area contributed by atoms with Gasteiger partial charge in [-0.15, -0.1) is 0 Å². The van der Waals surface area contributed by atoms with Crippen molar-refractivity contribution in [3.8, 4) is 5.69 Å². The molecule has 0 saturated carbocycles. The summed E-state index contributed by atoms with van der Waals surface area (Å²) in [6.07, 6.45) is 0. The number of aromatic nitrogens is 2. The molecular weight excluding hydrogens is 531 g/mol. The molecular formula is C20H16BrCl3N4OS. The van der Waals surface area contributed by atoms with E-state index in [-0.39, 0.29) is 27.0 Å². The highest BCUT2D eigenvalue weighted by Crippen LogP contribution is 2.32. The van der Waals surface area contributed by atoms with Crippen LogP contribution < -0.4 is 10.6 Å². The van der Waals surface area contributed by atoms with Crippen molar-refractivity contribution in [3.05, 3.63) is 73.4 Å². The molecule has 156 valence electrons. The maximum atomic E-state index is 13.3. The van der Waals surface area contributed by atoms with Crippen LogP contribution in [-0.4, -0.2) is 26.7 Å². The summed E-state index contributed by atoms with van der Waals surface area (Å²) in [5, 5.41) is 9.24. The Morgan fingerprint density at radius 1 is 1.23 bits per heavy atom. The summed E-state index contributed by atoms with van der Waals surface area (Å²) in [7, 11) is 0. The number of nitrogens with one attached hydrogen (secondary N) is 2. The monoisotopic (exact) mass is 551 g/mol. The van der Waals surface area contributed by atoms with E-state index in [1.807, 2.05) is 0 Å². The lowest BCUT2D eigenvalue weighted by Crippen LogP contribution is -2.30. The standard InChI is InChI=1S/C20H16BrCl3N4OS/c1-10(2)25-20(30)12-7-11(22)8-14(24)18(12)26-19(29)16-9-17(21)27-28(16)15-6-4-3-5-13(15)23/h3-10H,1-2H3,(H,25,30)(H,26,29)/i1D3,2D3,10D. The van der Waals surface area contributed by atoms with E-state index in [4.69, 9.17) is 56.6 Å². The van der Waals surface area contributed by atoms with Gasteiger partial charge in [0.1, 0.15) is 15.3 Å². The Morgan fingerprint density at radius 3 is 2.67 bits per heavy atom. The summed E-state index contributed by atoms with van der Waals surface area (Å²) >= 11 is 27.2. The van der Waals surface area contributed by atoms with Crippen molar-refractivity contribution in [2.75, 3.05) is 5.32 Å². The molecule has 0 spiro atoms. The van der Waals surface area contributed by atoms with E-state index >= 15 is 0 Å². The molecule has 0 bridgehead atoms. The fourth-order valence-corrected chi connectivity index (χ4v) is 3.95. The normalized spacial score (nSPS) is 15.5. The van der Waals surface area contributed by atoms with Crippen LogP contribution in [0.3, 0.4) is 0 Å². The second kappa shape index (κ2) is 9.66. The predicted molar refractivity (Wildman–Crippen MR) is 131 cm³/mol. The number of benzene rings is 2. The minimum atomic E-state index is -3.30. The van der Waals surface area contributed by atoms with Crippen molar-refractivity contribution in [2.24, 2.45) is 0 Å². The molecule has 0 atom stereocenters. The SMILES string of the molecule is [2H]C([2H])([2H])C([2H])(NC(=S)c1cc(Cl)cc(Cl)c1NC(=O)c1cc(Br)nn1-c1ccccc1Cl)C([2H])([2H])[2H]. The average Bonchev–Trinajstić information content (AvgIpc) is 3.15. The topological polar surface area (TPSA) is 58.9 Å². The Balaban J connectivity index is 2.05. The number of hydrogen-bond acceptors (Lipinski definition) is 3. The van der Waals surface area contributed by atoms with Gasteiger partial charge in [0, 0.05) is 30.9 Å². The van der Waals surface area contributed by atoms with Gasteiger partial charge in [-0.3, -0.25) is 4.79 Å². The van der Waals surface area contributed by atoms with Crippen LogP contribution in [0.1, 0.15) is 39.4 Å². The molecule has 3 rings (SSSR count). The quantitative estimate of drug-likeness (QED) is 0.353. The highest BCUT2D eigenvalue weighted by Gasteiger charge is 2.21. The van der Waals surface area contributed by atoms with Crippen LogP contribution in [0.5, 0.6) is 0 Å². The van der Waals surface area contributed by atoms with E-state index in [0.29, 0.717) is 15.3 Å². The van der Waals surface area contributed by atoms with Crippen molar-refractivity contribution in [2.45, 2.75) is 19.7 Å². The number of thiocarbonyl (C=S) groups is 1. The molecule has 2 N–H and O–H groups in total. The number of para-hydroxylation sites is 1. The number of rotatable bonds is 5. The van der Waals surface area contributed by atoms with Gasteiger partial charge >= 0.3 is 0 Å². The molecule has 1 amide bonds. The molecule has 1 heterocycles. The maximum Gasteiger partial charge on any atom is 0.274 e. The highest BCUT2D eigenvalue weighted by atomic mass is 79.9. The maximum absolute atomic E-state index is 13.3. The van der Waals surface area contributed by atoms with Gasteiger partial charge in [0.25, 0.3) is 5.91 Å². The summed E-state index contributed by atoms with van der Waals surface area (Å²) in [5.74, 6) is -0.713. The van der Waals surface area contributed by atoms with E-state index in [9.17, 15) is 4.79 Å². The van der Waals surface area contributed by atoms with Gasteiger partial charge in [-0.05, 0) is 53.9 Å². The summed E-state index contributed by atoms with van der Waals surface area (Å²) in [6.45, 7) is -6.61. The van der Waals surface area contributed by atoms with Gasteiger partial charge in [0.2, 0.25) is 0 Å². The molecule has 0 aliphatic carbocycles. The summed E-state index contributed by atoms with van der Waals surface area (Å²) < 4.78 is 55.4. The van der Waals surface area contributed by atoms with Gasteiger partial charge in [-0.25, -0.2) is 4.68 Å². The number of halogens is 4. The Labute approximate surface area is 212 Å². The summed E-state index contributed by atoms with van der Waals surface area (Å²) in [6, 6.07) is 7.50. The van der Waals surface area contributed by atoms with E-state index in [1.54, 1.807) is 24.3 Å². The fraction of sp³-hybridized carbons (Fsp3) is 0.150. The van der Waals surface area contributed by atoms with Crippen LogP contribution in [0.25, 0.3) is 5.69 Å². The third-order valence-corrected chi connectivity index (χ3v) is 5.31. The van der Waals surface area contributed by atoms with E-state index in [0.717, 1.165) is 0 Å². The lowest BCUT2D eigenvalue weighted by molar-refractivity contribution is 0.101. The molecule has 0 radical (unpaired) electrons. The number of anilines is 1. The molecule has 30 heavy (non-hydrogen) atoms. The van der Waals surface area contributed by atoms with Crippen molar-refractivity contribution < 1.29 is 14.4 Å². The van der Waals surface area contributed by atoms with E-state index in [2.05, 4.69) is 31.7 Å². The highest BCUT2D eigenvalue weighted by molar-refractivity contribution is 9.10. The van der Waals surface area contributed by atoms with Crippen molar-refractivity contribution in [1.29, 1.82) is 0 Å². The number of hydrogen-bond donors (Lipinski definition) is 2. The number of carbonyl (C=O) groups is 1. The zero-order valence-corrected chi connectivity index (χ0v) is 19.4. The molecule has 5 nitrogen and oxygen atoms in total. The molecule has 0 aliphatic heterocycles. The minimum Gasteiger partial charge on any atom is -0.374 e. The summed E-state index contributed by atoms with van der Waals surface area (Å²) in [4.78, 5) is 12.9. The third-order valence-electron chi connectivity index (χ3n) is 3.77. The Bertz CT molecular complexity index is 1370. The second-order valence-corrected chi connectivity index (χ2v) is 8.28. The smallest absolute Gasteiger partial charge is 0.274 e.